The van der Waals surface area contributed by atoms with Crippen LogP contribution >= 0.6 is 23.2 Å². The minimum atomic E-state index is -0.0181. The van der Waals surface area contributed by atoms with Crippen LogP contribution in [0.3, 0.4) is 0 Å². The summed E-state index contributed by atoms with van der Waals surface area (Å²) in [5.41, 5.74) is 1.93. The molecule has 0 spiro atoms. The van der Waals surface area contributed by atoms with Crippen molar-refractivity contribution in [2.45, 2.75) is 38.3 Å². The van der Waals surface area contributed by atoms with E-state index in [2.05, 4.69) is 17.3 Å². The molecule has 5 nitrogen and oxygen atoms in total. The zero-order valence-electron chi connectivity index (χ0n) is 17.9. The average Bonchev–Trinajstić information content (AvgIpc) is 2.78. The van der Waals surface area contributed by atoms with Crippen molar-refractivity contribution in [3.8, 4) is 5.75 Å². The van der Waals surface area contributed by atoms with Crippen molar-refractivity contribution in [1.82, 2.24) is 10.2 Å². The number of carbonyl (C=O) groups excluding carboxylic acids is 1. The maximum atomic E-state index is 12.2. The Balaban J connectivity index is 1.38. The molecule has 0 unspecified atom stereocenters. The van der Waals surface area contributed by atoms with E-state index < -0.39 is 0 Å². The molecule has 7 heteroatoms. The van der Waals surface area contributed by atoms with Gasteiger partial charge < -0.3 is 14.8 Å². The lowest BCUT2D eigenvalue weighted by Crippen LogP contribution is -2.38. The molecule has 2 aromatic carbocycles. The Labute approximate surface area is 194 Å². The molecule has 0 atom stereocenters. The first-order chi connectivity index (χ1) is 15.0. The van der Waals surface area contributed by atoms with Crippen LogP contribution in [-0.4, -0.2) is 50.3 Å². The predicted molar refractivity (Wildman–Crippen MR) is 125 cm³/mol. The van der Waals surface area contributed by atoms with Gasteiger partial charge in [0.25, 0.3) is 0 Å². The Hall–Kier alpha value is -1.79. The van der Waals surface area contributed by atoms with Gasteiger partial charge in [-0.3, -0.25) is 9.69 Å². The van der Waals surface area contributed by atoms with Gasteiger partial charge in [-0.1, -0.05) is 41.4 Å². The number of halogens is 2. The van der Waals surface area contributed by atoms with Crippen LogP contribution in [0.1, 0.15) is 30.4 Å². The fourth-order valence-corrected chi connectivity index (χ4v) is 4.13. The molecule has 31 heavy (non-hydrogen) atoms. The summed E-state index contributed by atoms with van der Waals surface area (Å²) in [6.45, 7) is 3.66. The molecule has 1 N–H and O–H groups in total. The quantitative estimate of drug-likeness (QED) is 0.551. The van der Waals surface area contributed by atoms with Gasteiger partial charge in [-0.15, -0.1) is 0 Å². The van der Waals surface area contributed by atoms with Gasteiger partial charge in [0.2, 0.25) is 5.91 Å². The number of ether oxygens (including phenoxy) is 2. The van der Waals surface area contributed by atoms with Crippen LogP contribution in [0.25, 0.3) is 0 Å². The van der Waals surface area contributed by atoms with Crippen molar-refractivity contribution in [2.75, 3.05) is 33.4 Å². The second-order valence-corrected chi connectivity index (χ2v) is 8.68. The number of nitrogens with one attached hydrogen (secondary N) is 1. The number of amides is 1. The maximum absolute atomic E-state index is 12.2. The van der Waals surface area contributed by atoms with Crippen LogP contribution in [0.15, 0.2) is 42.5 Å². The largest absolute Gasteiger partial charge is 0.492 e. The van der Waals surface area contributed by atoms with Crippen LogP contribution in [-0.2, 0) is 22.5 Å². The normalized spacial score (nSPS) is 14.6. The van der Waals surface area contributed by atoms with Crippen molar-refractivity contribution in [2.24, 2.45) is 0 Å². The molecule has 3 rings (SSSR count). The number of aryl methyl sites for hydroxylation is 1. The SMILES string of the molecule is CN(CCOc1cccc(CNC(=O)CCc2ccc(Cl)cc2Cl)c1)C1CCOCC1. The van der Waals surface area contributed by atoms with Gasteiger partial charge in [0.05, 0.1) is 0 Å². The van der Waals surface area contributed by atoms with Crippen LogP contribution in [0.5, 0.6) is 5.75 Å². The van der Waals surface area contributed by atoms with Crippen LogP contribution in [0.4, 0.5) is 0 Å². The number of hydrogen-bond acceptors (Lipinski definition) is 4. The van der Waals surface area contributed by atoms with Gasteiger partial charge in [0, 0.05) is 48.8 Å². The summed E-state index contributed by atoms with van der Waals surface area (Å²) in [6.07, 6.45) is 3.10. The number of benzene rings is 2. The van der Waals surface area contributed by atoms with Crippen molar-refractivity contribution in [3.05, 3.63) is 63.6 Å². The highest BCUT2D eigenvalue weighted by atomic mass is 35.5. The molecule has 1 saturated heterocycles. The molecule has 1 aliphatic rings. The zero-order valence-corrected chi connectivity index (χ0v) is 19.4. The third kappa shape index (κ3) is 8.00. The van der Waals surface area contributed by atoms with Crippen LogP contribution in [0, 0.1) is 0 Å². The molecule has 2 aromatic rings. The smallest absolute Gasteiger partial charge is 0.220 e. The van der Waals surface area contributed by atoms with Crippen molar-refractivity contribution in [1.29, 1.82) is 0 Å². The molecule has 1 aliphatic heterocycles. The van der Waals surface area contributed by atoms with E-state index in [1.807, 2.05) is 30.3 Å². The number of likely N-dealkylation sites (N-methyl/N-ethyl adjacent to an activating group) is 1. The van der Waals surface area contributed by atoms with Gasteiger partial charge in [-0.2, -0.15) is 0 Å². The van der Waals surface area contributed by atoms with E-state index in [9.17, 15) is 4.79 Å². The highest BCUT2D eigenvalue weighted by Crippen LogP contribution is 2.22. The lowest BCUT2D eigenvalue weighted by Gasteiger charge is -2.31. The Morgan fingerprint density at radius 1 is 1.19 bits per heavy atom. The first kappa shape index (κ1) is 23.9. The third-order valence-corrected chi connectivity index (χ3v) is 6.14. The van der Waals surface area contributed by atoms with Crippen LogP contribution < -0.4 is 10.1 Å². The molecule has 0 bridgehead atoms. The Kier molecular flexibility index (Phi) is 9.47. The summed E-state index contributed by atoms with van der Waals surface area (Å²) in [7, 11) is 2.14. The highest BCUT2D eigenvalue weighted by molar-refractivity contribution is 6.35. The number of carbonyl (C=O) groups is 1. The zero-order chi connectivity index (χ0) is 22.1. The van der Waals surface area contributed by atoms with Gasteiger partial charge in [0.1, 0.15) is 12.4 Å². The Morgan fingerprint density at radius 3 is 2.77 bits per heavy atom. The van der Waals surface area contributed by atoms with Gasteiger partial charge in [-0.25, -0.2) is 0 Å². The molecule has 0 radical (unpaired) electrons. The Morgan fingerprint density at radius 2 is 2.00 bits per heavy atom. The minimum Gasteiger partial charge on any atom is -0.492 e. The van der Waals surface area contributed by atoms with E-state index in [-0.39, 0.29) is 5.91 Å². The summed E-state index contributed by atoms with van der Waals surface area (Å²) >= 11 is 12.1. The molecule has 1 fully saturated rings. The second-order valence-electron chi connectivity index (χ2n) is 7.83. The lowest BCUT2D eigenvalue weighted by atomic mass is 10.1. The lowest BCUT2D eigenvalue weighted by molar-refractivity contribution is -0.121. The van der Waals surface area contributed by atoms with E-state index >= 15 is 0 Å². The Bertz CT molecular complexity index is 856. The van der Waals surface area contributed by atoms with Gasteiger partial charge in [0.15, 0.2) is 0 Å². The molecule has 0 aliphatic carbocycles. The number of nitrogens with zero attached hydrogens (tertiary/aromatic N) is 1. The van der Waals surface area contributed by atoms with E-state index in [1.54, 1.807) is 12.1 Å². The molecule has 1 amide bonds. The fourth-order valence-electron chi connectivity index (χ4n) is 3.62. The molecule has 168 valence electrons. The van der Waals surface area contributed by atoms with E-state index in [4.69, 9.17) is 32.7 Å². The summed E-state index contributed by atoms with van der Waals surface area (Å²) in [6, 6.07) is 13.8. The van der Waals surface area contributed by atoms with Crippen LogP contribution in [0.2, 0.25) is 10.0 Å². The fraction of sp³-hybridized carbons (Fsp3) is 0.458. The highest BCUT2D eigenvalue weighted by Gasteiger charge is 2.18. The number of rotatable bonds is 10. The molecule has 0 aromatic heterocycles. The van der Waals surface area contributed by atoms with E-state index in [0.29, 0.717) is 42.1 Å². The van der Waals surface area contributed by atoms with Gasteiger partial charge >= 0.3 is 0 Å². The van der Waals surface area contributed by atoms with E-state index in [1.165, 1.54) is 0 Å². The standard InChI is InChI=1S/C24H30Cl2N2O3/c1-28(21-9-12-30-13-10-21)11-14-31-22-4-2-3-18(15-22)17-27-24(29)8-6-19-5-7-20(25)16-23(19)26/h2-5,7,15-16,21H,6,8-14,17H2,1H3,(H,27,29). The first-order valence-electron chi connectivity index (χ1n) is 10.7. The maximum Gasteiger partial charge on any atom is 0.220 e. The van der Waals surface area contributed by atoms with Crippen molar-refractivity contribution >= 4 is 29.1 Å². The van der Waals surface area contributed by atoms with Crippen molar-refractivity contribution < 1.29 is 14.3 Å². The molecular weight excluding hydrogens is 435 g/mol. The molecular formula is C24H30Cl2N2O3. The summed E-state index contributed by atoms with van der Waals surface area (Å²) < 4.78 is 11.4. The minimum absolute atomic E-state index is 0.0181. The predicted octanol–water partition coefficient (Wildman–Crippen LogP) is 4.73. The molecule has 1 heterocycles. The second kappa shape index (κ2) is 12.3. The monoisotopic (exact) mass is 464 g/mol. The number of hydrogen-bond donors (Lipinski definition) is 1. The van der Waals surface area contributed by atoms with Crippen molar-refractivity contribution in [3.63, 3.8) is 0 Å². The summed E-state index contributed by atoms with van der Waals surface area (Å²) in [5.74, 6) is 0.801. The third-order valence-electron chi connectivity index (χ3n) is 5.55. The topological polar surface area (TPSA) is 50.8 Å². The summed E-state index contributed by atoms with van der Waals surface area (Å²) in [4.78, 5) is 14.6. The average molecular weight is 465 g/mol. The van der Waals surface area contributed by atoms with Gasteiger partial charge in [-0.05, 0) is 61.7 Å². The first-order valence-corrected chi connectivity index (χ1v) is 11.5. The molecule has 0 saturated carbocycles. The summed E-state index contributed by atoms with van der Waals surface area (Å²) in [5, 5.41) is 4.14. The van der Waals surface area contributed by atoms with E-state index in [0.717, 1.165) is 49.5 Å².